The average molecular weight is 274 g/mol. The highest BCUT2D eigenvalue weighted by Crippen LogP contribution is 2.32. The van der Waals surface area contributed by atoms with E-state index in [2.05, 4.69) is 56.0 Å². The molecule has 2 heteroatoms. The third kappa shape index (κ3) is 3.24. The van der Waals surface area contributed by atoms with E-state index in [4.69, 9.17) is 5.73 Å². The van der Waals surface area contributed by atoms with Gasteiger partial charge in [0, 0.05) is 24.7 Å². The summed E-state index contributed by atoms with van der Waals surface area (Å²) in [5, 5.41) is 0. The van der Waals surface area contributed by atoms with Crippen LogP contribution in [0.2, 0.25) is 0 Å². The Bertz CT molecular complexity index is 397. The number of hydrogen-bond acceptors (Lipinski definition) is 2. The molecule has 0 saturated carbocycles. The lowest BCUT2D eigenvalue weighted by Crippen LogP contribution is -2.60. The molecule has 0 aromatic heterocycles. The van der Waals surface area contributed by atoms with Crippen molar-refractivity contribution in [1.82, 2.24) is 4.90 Å². The molecule has 0 spiro atoms. The fourth-order valence-electron chi connectivity index (χ4n) is 3.69. The molecule has 0 bridgehead atoms. The minimum absolute atomic E-state index is 0.120. The monoisotopic (exact) mass is 274 g/mol. The Morgan fingerprint density at radius 2 is 1.90 bits per heavy atom. The van der Waals surface area contributed by atoms with Crippen LogP contribution in [0.3, 0.4) is 0 Å². The van der Waals surface area contributed by atoms with Crippen molar-refractivity contribution in [2.24, 2.45) is 11.7 Å². The van der Waals surface area contributed by atoms with Crippen LogP contribution in [0.15, 0.2) is 30.3 Å². The molecule has 20 heavy (non-hydrogen) atoms. The van der Waals surface area contributed by atoms with E-state index < -0.39 is 0 Å². The van der Waals surface area contributed by atoms with Gasteiger partial charge in [-0.25, -0.2) is 0 Å². The molecule has 0 amide bonds. The summed E-state index contributed by atoms with van der Waals surface area (Å²) in [6, 6.07) is 11.5. The highest BCUT2D eigenvalue weighted by atomic mass is 15.2. The Labute approximate surface area is 124 Å². The van der Waals surface area contributed by atoms with E-state index in [-0.39, 0.29) is 5.54 Å². The second-order valence-electron chi connectivity index (χ2n) is 6.63. The molecule has 1 aliphatic heterocycles. The molecule has 1 saturated heterocycles. The SMILES string of the molecule is CCC(CN)(Cc1ccccc1)N1CC(C)CCC1C. The molecule has 0 aliphatic carbocycles. The first-order valence-electron chi connectivity index (χ1n) is 8.12. The average Bonchev–Trinajstić information content (AvgIpc) is 2.49. The lowest BCUT2D eigenvalue weighted by atomic mass is 9.81. The smallest absolute Gasteiger partial charge is 0.0372 e. The van der Waals surface area contributed by atoms with E-state index in [0.29, 0.717) is 6.04 Å². The lowest BCUT2D eigenvalue weighted by Gasteiger charge is -2.50. The molecule has 1 heterocycles. The summed E-state index contributed by atoms with van der Waals surface area (Å²) in [4.78, 5) is 2.70. The maximum absolute atomic E-state index is 6.26. The van der Waals surface area contributed by atoms with Crippen LogP contribution in [0.4, 0.5) is 0 Å². The Kier molecular flexibility index (Phi) is 5.22. The predicted octanol–water partition coefficient (Wildman–Crippen LogP) is 3.46. The predicted molar refractivity (Wildman–Crippen MR) is 86.8 cm³/mol. The van der Waals surface area contributed by atoms with Gasteiger partial charge in [0.25, 0.3) is 0 Å². The first kappa shape index (κ1) is 15.5. The van der Waals surface area contributed by atoms with E-state index in [1.807, 2.05) is 0 Å². The fourth-order valence-corrected chi connectivity index (χ4v) is 3.69. The van der Waals surface area contributed by atoms with Crippen molar-refractivity contribution in [3.05, 3.63) is 35.9 Å². The zero-order chi connectivity index (χ0) is 14.6. The van der Waals surface area contributed by atoms with Gasteiger partial charge in [0.2, 0.25) is 0 Å². The molecule has 2 nitrogen and oxygen atoms in total. The van der Waals surface area contributed by atoms with Crippen molar-refractivity contribution in [1.29, 1.82) is 0 Å². The van der Waals surface area contributed by atoms with Crippen LogP contribution >= 0.6 is 0 Å². The van der Waals surface area contributed by atoms with Gasteiger partial charge in [-0.2, -0.15) is 0 Å². The van der Waals surface area contributed by atoms with Gasteiger partial charge < -0.3 is 5.73 Å². The van der Waals surface area contributed by atoms with Gasteiger partial charge in [-0.05, 0) is 44.1 Å². The summed E-state index contributed by atoms with van der Waals surface area (Å²) in [5.41, 5.74) is 7.79. The summed E-state index contributed by atoms with van der Waals surface area (Å²) in [5.74, 6) is 0.791. The molecule has 1 aromatic carbocycles. The fraction of sp³-hybridized carbons (Fsp3) is 0.667. The first-order chi connectivity index (χ1) is 9.61. The Hall–Kier alpha value is -0.860. The standard InChI is InChI=1S/C18H30N2/c1-4-18(14-19,12-17-8-6-5-7-9-17)20-13-15(2)10-11-16(20)3/h5-9,15-16H,4,10-14,19H2,1-3H3. The number of nitrogens with zero attached hydrogens (tertiary/aromatic N) is 1. The van der Waals surface area contributed by atoms with Gasteiger partial charge in [-0.3, -0.25) is 4.90 Å². The number of likely N-dealkylation sites (tertiary alicyclic amines) is 1. The second-order valence-corrected chi connectivity index (χ2v) is 6.63. The number of benzene rings is 1. The molecule has 2 N–H and O–H groups in total. The van der Waals surface area contributed by atoms with Crippen molar-refractivity contribution in [3.63, 3.8) is 0 Å². The van der Waals surface area contributed by atoms with Gasteiger partial charge in [0.05, 0.1) is 0 Å². The van der Waals surface area contributed by atoms with Crippen molar-refractivity contribution in [2.45, 2.75) is 58.0 Å². The van der Waals surface area contributed by atoms with Gasteiger partial charge >= 0.3 is 0 Å². The zero-order valence-corrected chi connectivity index (χ0v) is 13.3. The third-order valence-corrected chi connectivity index (χ3v) is 5.14. The number of piperidine rings is 1. The summed E-state index contributed by atoms with van der Waals surface area (Å²) < 4.78 is 0. The summed E-state index contributed by atoms with van der Waals surface area (Å²) in [6.45, 7) is 8.98. The molecule has 2 rings (SSSR count). The maximum atomic E-state index is 6.26. The van der Waals surface area contributed by atoms with E-state index in [0.717, 1.165) is 25.3 Å². The zero-order valence-electron chi connectivity index (χ0n) is 13.3. The normalized spacial score (nSPS) is 27.2. The van der Waals surface area contributed by atoms with E-state index in [1.54, 1.807) is 0 Å². The topological polar surface area (TPSA) is 29.3 Å². The van der Waals surface area contributed by atoms with Crippen molar-refractivity contribution >= 4 is 0 Å². The van der Waals surface area contributed by atoms with Crippen LogP contribution in [0.1, 0.15) is 45.6 Å². The minimum Gasteiger partial charge on any atom is -0.329 e. The maximum Gasteiger partial charge on any atom is 0.0372 e. The molecular formula is C18H30N2. The van der Waals surface area contributed by atoms with Gasteiger partial charge in [0.1, 0.15) is 0 Å². The van der Waals surface area contributed by atoms with Gasteiger partial charge in [-0.1, -0.05) is 44.2 Å². The number of rotatable bonds is 5. The quantitative estimate of drug-likeness (QED) is 0.891. The Balaban J connectivity index is 2.23. The van der Waals surface area contributed by atoms with Crippen molar-refractivity contribution in [3.8, 4) is 0 Å². The number of nitrogens with two attached hydrogens (primary N) is 1. The van der Waals surface area contributed by atoms with Gasteiger partial charge in [0.15, 0.2) is 0 Å². The molecule has 3 atom stereocenters. The van der Waals surface area contributed by atoms with Crippen LogP contribution in [0.5, 0.6) is 0 Å². The highest BCUT2D eigenvalue weighted by Gasteiger charge is 2.39. The molecule has 1 aliphatic rings. The largest absolute Gasteiger partial charge is 0.329 e. The third-order valence-electron chi connectivity index (χ3n) is 5.14. The minimum atomic E-state index is 0.120. The summed E-state index contributed by atoms with van der Waals surface area (Å²) in [6.07, 6.45) is 4.85. The van der Waals surface area contributed by atoms with Crippen LogP contribution in [-0.2, 0) is 6.42 Å². The van der Waals surface area contributed by atoms with Crippen molar-refractivity contribution in [2.75, 3.05) is 13.1 Å². The van der Waals surface area contributed by atoms with Crippen LogP contribution in [-0.4, -0.2) is 29.6 Å². The highest BCUT2D eigenvalue weighted by molar-refractivity contribution is 5.19. The van der Waals surface area contributed by atoms with Crippen molar-refractivity contribution < 1.29 is 0 Å². The van der Waals surface area contributed by atoms with Crippen LogP contribution < -0.4 is 5.73 Å². The van der Waals surface area contributed by atoms with E-state index in [1.165, 1.54) is 24.9 Å². The van der Waals surface area contributed by atoms with Crippen LogP contribution in [0.25, 0.3) is 0 Å². The summed E-state index contributed by atoms with van der Waals surface area (Å²) in [7, 11) is 0. The Morgan fingerprint density at radius 3 is 2.50 bits per heavy atom. The second kappa shape index (κ2) is 6.73. The molecule has 1 fully saturated rings. The number of hydrogen-bond donors (Lipinski definition) is 1. The Morgan fingerprint density at radius 1 is 1.20 bits per heavy atom. The van der Waals surface area contributed by atoms with Crippen LogP contribution in [0, 0.1) is 5.92 Å². The summed E-state index contributed by atoms with van der Waals surface area (Å²) >= 11 is 0. The van der Waals surface area contributed by atoms with Gasteiger partial charge in [-0.15, -0.1) is 0 Å². The molecule has 1 aromatic rings. The molecule has 3 unspecified atom stereocenters. The van der Waals surface area contributed by atoms with E-state index in [9.17, 15) is 0 Å². The molecule has 0 radical (unpaired) electrons. The molecule has 112 valence electrons. The molecular weight excluding hydrogens is 244 g/mol. The van der Waals surface area contributed by atoms with E-state index >= 15 is 0 Å². The lowest BCUT2D eigenvalue weighted by molar-refractivity contribution is 0.00732. The first-order valence-corrected chi connectivity index (χ1v) is 8.12.